The Morgan fingerprint density at radius 3 is 2.61 bits per heavy atom. The number of halogens is 2. The van der Waals surface area contributed by atoms with Crippen molar-refractivity contribution in [3.05, 3.63) is 102 Å². The number of carbonyl (C=O) groups is 1. The Morgan fingerprint density at radius 1 is 0.935 bits per heavy atom. The molecule has 154 valence electrons. The number of fused-ring (bicyclic) bond motifs is 2. The highest BCUT2D eigenvalue weighted by Gasteiger charge is 2.18. The van der Waals surface area contributed by atoms with Crippen molar-refractivity contribution < 1.29 is 13.6 Å². The number of hydrogen-bond acceptors (Lipinski definition) is 1. The maximum absolute atomic E-state index is 14.4. The van der Waals surface area contributed by atoms with Crippen LogP contribution in [0.4, 0.5) is 14.5 Å². The molecule has 0 atom stereocenters. The molecule has 2 aromatic heterocycles. The van der Waals surface area contributed by atoms with Crippen LogP contribution in [0.2, 0.25) is 0 Å². The summed E-state index contributed by atoms with van der Waals surface area (Å²) in [5.41, 5.74) is 3.26. The molecule has 1 amide bonds. The third-order valence-corrected chi connectivity index (χ3v) is 5.50. The van der Waals surface area contributed by atoms with E-state index in [9.17, 15) is 13.6 Å². The van der Waals surface area contributed by atoms with E-state index < -0.39 is 5.82 Å². The molecule has 0 aliphatic rings. The monoisotopic (exact) mass is 415 g/mol. The molecule has 1 N–H and O–H groups in total. The van der Waals surface area contributed by atoms with Gasteiger partial charge in [0.2, 0.25) is 0 Å². The molecule has 4 nitrogen and oxygen atoms in total. The van der Waals surface area contributed by atoms with Crippen LogP contribution in [-0.4, -0.2) is 15.0 Å². The number of amides is 1. The molecule has 0 saturated heterocycles. The minimum absolute atomic E-state index is 0.241. The number of anilines is 1. The Labute approximate surface area is 177 Å². The number of nitrogens with one attached hydrogen (secondary N) is 1. The van der Waals surface area contributed by atoms with Crippen molar-refractivity contribution in [2.45, 2.75) is 6.54 Å². The van der Waals surface area contributed by atoms with Crippen molar-refractivity contribution in [1.82, 2.24) is 9.13 Å². The Balaban J connectivity index is 1.55. The summed E-state index contributed by atoms with van der Waals surface area (Å²) in [6.45, 7) is 0.241. The lowest BCUT2D eigenvalue weighted by Gasteiger charge is -2.12. The van der Waals surface area contributed by atoms with Crippen molar-refractivity contribution >= 4 is 33.4 Å². The van der Waals surface area contributed by atoms with Gasteiger partial charge in [-0.15, -0.1) is 0 Å². The van der Waals surface area contributed by atoms with Crippen molar-refractivity contribution in [2.24, 2.45) is 7.05 Å². The number of aryl methyl sites for hydroxylation is 1. The van der Waals surface area contributed by atoms with Gasteiger partial charge < -0.3 is 14.5 Å². The second-order valence-electron chi connectivity index (χ2n) is 7.57. The minimum Gasteiger partial charge on any atom is -0.351 e. The van der Waals surface area contributed by atoms with Gasteiger partial charge >= 0.3 is 0 Å². The molecule has 0 unspecified atom stereocenters. The largest absolute Gasteiger partial charge is 0.351 e. The van der Waals surface area contributed by atoms with Crippen LogP contribution < -0.4 is 5.32 Å². The molecule has 0 spiro atoms. The van der Waals surface area contributed by atoms with E-state index in [1.165, 1.54) is 18.2 Å². The fraction of sp³-hybridized carbons (Fsp3) is 0.0800. The van der Waals surface area contributed by atoms with E-state index in [-0.39, 0.29) is 18.3 Å². The van der Waals surface area contributed by atoms with Crippen LogP contribution in [0, 0.1) is 11.6 Å². The molecule has 2 heterocycles. The average molecular weight is 415 g/mol. The normalized spacial score (nSPS) is 11.3. The Bertz CT molecular complexity index is 1450. The van der Waals surface area contributed by atoms with Gasteiger partial charge in [0.15, 0.2) is 0 Å². The first kappa shape index (κ1) is 19.1. The van der Waals surface area contributed by atoms with Crippen molar-refractivity contribution in [3.8, 4) is 0 Å². The number of nitrogens with zero attached hydrogens (tertiary/aromatic N) is 2. The molecule has 0 radical (unpaired) electrons. The third-order valence-electron chi connectivity index (χ3n) is 5.50. The molecule has 31 heavy (non-hydrogen) atoms. The summed E-state index contributed by atoms with van der Waals surface area (Å²) in [5.74, 6) is -1.13. The summed E-state index contributed by atoms with van der Waals surface area (Å²) >= 11 is 0. The van der Waals surface area contributed by atoms with Crippen LogP contribution in [0.15, 0.2) is 79.0 Å². The van der Waals surface area contributed by atoms with Gasteiger partial charge in [0.1, 0.15) is 17.3 Å². The highest BCUT2D eigenvalue weighted by molar-refractivity contribution is 6.07. The number of carbonyl (C=O) groups excluding carboxylic acids is 1. The van der Waals surface area contributed by atoms with Gasteiger partial charge in [0.25, 0.3) is 5.91 Å². The summed E-state index contributed by atoms with van der Waals surface area (Å²) < 4.78 is 31.9. The quantitative estimate of drug-likeness (QED) is 0.401. The van der Waals surface area contributed by atoms with Crippen LogP contribution in [0.5, 0.6) is 0 Å². The summed E-state index contributed by atoms with van der Waals surface area (Å²) in [5, 5.41) is 4.27. The second-order valence-corrected chi connectivity index (χ2v) is 7.57. The maximum Gasteiger partial charge on any atom is 0.272 e. The first-order chi connectivity index (χ1) is 15.0. The summed E-state index contributed by atoms with van der Waals surface area (Å²) in [7, 11) is 1.96. The SMILES string of the molecule is Cn1ccc2cc(NC(=O)c3cc4c(F)cccc4n3Cc3cccc(F)c3)ccc21. The van der Waals surface area contributed by atoms with E-state index in [0.29, 0.717) is 27.8 Å². The van der Waals surface area contributed by atoms with Gasteiger partial charge in [-0.2, -0.15) is 0 Å². The molecule has 6 heteroatoms. The molecule has 0 bridgehead atoms. The van der Waals surface area contributed by atoms with Gasteiger partial charge in [0.05, 0.1) is 5.52 Å². The minimum atomic E-state index is -0.407. The maximum atomic E-state index is 14.4. The molecule has 5 aromatic rings. The van der Waals surface area contributed by atoms with E-state index in [2.05, 4.69) is 5.32 Å². The summed E-state index contributed by atoms with van der Waals surface area (Å²) in [6, 6.07) is 20.1. The van der Waals surface area contributed by atoms with Gasteiger partial charge in [-0.1, -0.05) is 18.2 Å². The highest BCUT2D eigenvalue weighted by atomic mass is 19.1. The van der Waals surface area contributed by atoms with Crippen molar-refractivity contribution in [3.63, 3.8) is 0 Å². The highest BCUT2D eigenvalue weighted by Crippen LogP contribution is 2.26. The van der Waals surface area contributed by atoms with Gasteiger partial charge in [-0.25, -0.2) is 8.78 Å². The topological polar surface area (TPSA) is 39.0 Å². The fourth-order valence-electron chi connectivity index (χ4n) is 3.98. The van der Waals surface area contributed by atoms with Crippen LogP contribution in [0.25, 0.3) is 21.8 Å². The van der Waals surface area contributed by atoms with Gasteiger partial charge in [-0.05, 0) is 60.2 Å². The summed E-state index contributed by atoms with van der Waals surface area (Å²) in [4.78, 5) is 13.2. The zero-order chi connectivity index (χ0) is 21.5. The molecular weight excluding hydrogens is 396 g/mol. The lowest BCUT2D eigenvalue weighted by molar-refractivity contribution is 0.101. The zero-order valence-corrected chi connectivity index (χ0v) is 16.8. The van der Waals surface area contributed by atoms with E-state index in [1.54, 1.807) is 34.9 Å². The molecule has 0 aliphatic carbocycles. The molecular formula is C25H19F2N3O. The molecule has 0 fully saturated rings. The Kier molecular flexibility index (Phi) is 4.55. The Hall–Kier alpha value is -3.93. The van der Waals surface area contributed by atoms with Crippen LogP contribution in [-0.2, 0) is 13.6 Å². The van der Waals surface area contributed by atoms with Crippen LogP contribution in [0.1, 0.15) is 16.1 Å². The number of hydrogen-bond donors (Lipinski definition) is 1. The standard InChI is InChI=1S/C25H19F2N3O/c1-29-11-10-17-13-19(8-9-22(17)29)28-25(31)24-14-20-21(27)6-3-7-23(20)30(24)15-16-4-2-5-18(26)12-16/h2-14H,15H2,1H3,(H,28,31). The molecule has 0 aliphatic heterocycles. The average Bonchev–Trinajstić information content (AvgIpc) is 3.30. The Morgan fingerprint density at radius 2 is 1.77 bits per heavy atom. The first-order valence-corrected chi connectivity index (χ1v) is 9.88. The molecule has 5 rings (SSSR count). The number of aromatic nitrogens is 2. The zero-order valence-electron chi connectivity index (χ0n) is 16.8. The van der Waals surface area contributed by atoms with E-state index in [0.717, 1.165) is 10.9 Å². The van der Waals surface area contributed by atoms with E-state index in [4.69, 9.17) is 0 Å². The smallest absolute Gasteiger partial charge is 0.272 e. The molecule has 3 aromatic carbocycles. The van der Waals surface area contributed by atoms with E-state index in [1.807, 2.05) is 42.1 Å². The number of benzene rings is 3. The second kappa shape index (κ2) is 7.40. The van der Waals surface area contributed by atoms with Gasteiger partial charge in [-0.3, -0.25) is 4.79 Å². The van der Waals surface area contributed by atoms with Crippen molar-refractivity contribution in [1.29, 1.82) is 0 Å². The fourth-order valence-corrected chi connectivity index (χ4v) is 3.98. The van der Waals surface area contributed by atoms with Crippen LogP contribution >= 0.6 is 0 Å². The number of rotatable bonds is 4. The molecule has 0 saturated carbocycles. The van der Waals surface area contributed by atoms with Crippen LogP contribution in [0.3, 0.4) is 0 Å². The summed E-state index contributed by atoms with van der Waals surface area (Å²) in [6.07, 6.45) is 1.95. The predicted octanol–water partition coefficient (Wildman–Crippen LogP) is 5.71. The van der Waals surface area contributed by atoms with Gasteiger partial charge in [0, 0.05) is 41.8 Å². The lowest BCUT2D eigenvalue weighted by Crippen LogP contribution is -2.17. The lowest BCUT2D eigenvalue weighted by atomic mass is 10.2. The predicted molar refractivity (Wildman–Crippen MR) is 118 cm³/mol. The van der Waals surface area contributed by atoms with E-state index >= 15 is 0 Å². The van der Waals surface area contributed by atoms with Crippen molar-refractivity contribution in [2.75, 3.05) is 5.32 Å². The third kappa shape index (κ3) is 3.46. The first-order valence-electron chi connectivity index (χ1n) is 9.88.